The average Bonchev–Trinajstić information content (AvgIpc) is 2.90. The Morgan fingerprint density at radius 3 is 1.97 bits per heavy atom. The van der Waals surface area contributed by atoms with E-state index in [4.69, 9.17) is 4.74 Å². The predicted molar refractivity (Wildman–Crippen MR) is 145 cm³/mol. The van der Waals surface area contributed by atoms with Gasteiger partial charge in [-0.25, -0.2) is 0 Å². The smallest absolute Gasteiger partial charge is 0.306 e. The number of fused-ring (bicyclic) bond motifs is 3. The van der Waals surface area contributed by atoms with Crippen LogP contribution in [0.2, 0.25) is 0 Å². The van der Waals surface area contributed by atoms with E-state index in [-0.39, 0.29) is 17.6 Å². The van der Waals surface area contributed by atoms with Crippen molar-refractivity contribution in [2.75, 3.05) is 53.9 Å². The van der Waals surface area contributed by atoms with Crippen molar-refractivity contribution in [3.05, 3.63) is 71.8 Å². The van der Waals surface area contributed by atoms with Crippen LogP contribution in [0.15, 0.2) is 60.7 Å². The summed E-state index contributed by atoms with van der Waals surface area (Å²) in [6.07, 6.45) is 4.51. The monoisotopic (exact) mass is 489 g/mol. The number of rotatable bonds is 8. The van der Waals surface area contributed by atoms with Crippen LogP contribution in [-0.2, 0) is 9.53 Å². The zero-order chi connectivity index (χ0) is 25.1. The summed E-state index contributed by atoms with van der Waals surface area (Å²) in [5, 5.41) is 0. The summed E-state index contributed by atoms with van der Waals surface area (Å²) in [6.45, 7) is 5.40. The third-order valence-electron chi connectivity index (χ3n) is 9.28. The first-order valence-electron chi connectivity index (χ1n) is 13.8. The molecule has 0 aromatic heterocycles. The van der Waals surface area contributed by atoms with Crippen LogP contribution in [0, 0.1) is 5.92 Å². The van der Waals surface area contributed by atoms with E-state index in [0.29, 0.717) is 24.2 Å². The highest BCUT2D eigenvalue weighted by molar-refractivity contribution is 5.69. The molecule has 1 heterocycles. The molecular weight excluding hydrogens is 446 g/mol. The SMILES string of the molecule is CN1CCN(CCCC(=O)O[C@H]2CC3(N(C)C)CC(c4ccccc4)C2C(c2ccccc2)C3)CC1. The van der Waals surface area contributed by atoms with Gasteiger partial charge in [-0.3, -0.25) is 4.79 Å². The number of likely N-dealkylation sites (N-methyl/N-ethyl adjacent to an activating group) is 1. The van der Waals surface area contributed by atoms with E-state index in [1.54, 1.807) is 0 Å². The number of esters is 1. The summed E-state index contributed by atoms with van der Waals surface area (Å²) in [6, 6.07) is 21.9. The molecule has 36 heavy (non-hydrogen) atoms. The Morgan fingerprint density at radius 2 is 1.44 bits per heavy atom. The van der Waals surface area contributed by atoms with E-state index in [0.717, 1.165) is 58.4 Å². The van der Waals surface area contributed by atoms with Crippen molar-refractivity contribution < 1.29 is 9.53 Å². The fourth-order valence-electron chi connectivity index (χ4n) is 7.14. The molecule has 3 atom stereocenters. The standard InChI is InChI=1S/C31H43N3O2/c1-32(2)31-21-26(24-11-6-4-7-12-24)30(27(22-31)25-13-8-5-9-14-25)28(23-31)36-29(35)15-10-16-34-19-17-33(3)18-20-34/h4-9,11-14,26-28,30H,10,15-23H2,1-3H3/t26?,27?,28-,30?,31?/m0/s1. The maximum Gasteiger partial charge on any atom is 0.306 e. The fraction of sp³-hybridized carbons (Fsp3) is 0.581. The fourth-order valence-corrected chi connectivity index (χ4v) is 7.14. The minimum atomic E-state index is -0.0542. The number of carbonyl (C=O) groups excluding carboxylic acids is 1. The predicted octanol–water partition coefficient (Wildman–Crippen LogP) is 4.61. The van der Waals surface area contributed by atoms with Crippen LogP contribution in [0.4, 0.5) is 0 Å². The second-order valence-electron chi connectivity index (χ2n) is 11.6. The van der Waals surface area contributed by atoms with Gasteiger partial charge in [0.05, 0.1) is 0 Å². The quantitative estimate of drug-likeness (QED) is 0.506. The minimum absolute atomic E-state index is 0.0193. The van der Waals surface area contributed by atoms with Crippen molar-refractivity contribution >= 4 is 5.97 Å². The van der Waals surface area contributed by atoms with Gasteiger partial charge in [-0.05, 0) is 69.9 Å². The van der Waals surface area contributed by atoms with Gasteiger partial charge >= 0.3 is 5.97 Å². The van der Waals surface area contributed by atoms with Crippen LogP contribution < -0.4 is 0 Å². The molecule has 6 rings (SSSR count). The Labute approximate surface area is 217 Å². The lowest BCUT2D eigenvalue weighted by atomic mass is 9.52. The first-order chi connectivity index (χ1) is 17.4. The third kappa shape index (κ3) is 5.39. The van der Waals surface area contributed by atoms with Gasteiger partial charge in [-0.2, -0.15) is 0 Å². The largest absolute Gasteiger partial charge is 0.462 e. The van der Waals surface area contributed by atoms with Crippen LogP contribution in [0.3, 0.4) is 0 Å². The van der Waals surface area contributed by atoms with Gasteiger partial charge in [-0.15, -0.1) is 0 Å². The third-order valence-corrected chi connectivity index (χ3v) is 9.28. The number of nitrogens with zero attached hydrogens (tertiary/aromatic N) is 3. The molecule has 3 saturated carbocycles. The van der Waals surface area contributed by atoms with Gasteiger partial charge in [0, 0.05) is 50.5 Å². The van der Waals surface area contributed by atoms with Crippen LogP contribution in [-0.4, -0.2) is 86.2 Å². The number of benzene rings is 2. The van der Waals surface area contributed by atoms with Crippen LogP contribution in [0.5, 0.6) is 0 Å². The van der Waals surface area contributed by atoms with Gasteiger partial charge < -0.3 is 19.4 Å². The van der Waals surface area contributed by atoms with E-state index in [1.165, 1.54) is 11.1 Å². The summed E-state index contributed by atoms with van der Waals surface area (Å²) in [4.78, 5) is 20.4. The maximum absolute atomic E-state index is 13.2. The van der Waals surface area contributed by atoms with E-state index in [9.17, 15) is 4.79 Å². The van der Waals surface area contributed by atoms with Crippen molar-refractivity contribution in [3.8, 4) is 0 Å². The van der Waals surface area contributed by atoms with Crippen molar-refractivity contribution in [1.29, 1.82) is 0 Å². The van der Waals surface area contributed by atoms with Crippen molar-refractivity contribution in [1.82, 2.24) is 14.7 Å². The average molecular weight is 490 g/mol. The topological polar surface area (TPSA) is 36.0 Å². The Kier molecular flexibility index (Phi) is 7.80. The summed E-state index contributed by atoms with van der Waals surface area (Å²) < 4.78 is 6.42. The molecule has 0 radical (unpaired) electrons. The van der Waals surface area contributed by atoms with E-state index >= 15 is 0 Å². The Balaban J connectivity index is 1.34. The zero-order valence-corrected chi connectivity index (χ0v) is 22.3. The van der Waals surface area contributed by atoms with Gasteiger partial charge in [-0.1, -0.05) is 60.7 Å². The van der Waals surface area contributed by atoms with E-state index in [2.05, 4.69) is 96.5 Å². The molecule has 194 valence electrons. The van der Waals surface area contributed by atoms with Gasteiger partial charge in [0.1, 0.15) is 6.10 Å². The first kappa shape index (κ1) is 25.4. The molecule has 3 aliphatic carbocycles. The molecule has 5 heteroatoms. The lowest BCUT2D eigenvalue weighted by molar-refractivity contribution is -0.167. The van der Waals surface area contributed by atoms with Crippen LogP contribution >= 0.6 is 0 Å². The molecule has 2 aromatic rings. The molecule has 4 aliphatic rings. The minimum Gasteiger partial charge on any atom is -0.462 e. The highest BCUT2D eigenvalue weighted by Crippen LogP contribution is 2.60. The number of piperazine rings is 1. The molecule has 4 fully saturated rings. The van der Waals surface area contributed by atoms with Gasteiger partial charge in [0.15, 0.2) is 0 Å². The summed E-state index contributed by atoms with van der Waals surface area (Å²) >= 11 is 0. The summed E-state index contributed by atoms with van der Waals surface area (Å²) in [5.74, 6) is 1.04. The molecule has 2 aromatic carbocycles. The Bertz CT molecular complexity index is 938. The zero-order valence-electron chi connectivity index (χ0n) is 22.3. The molecule has 2 bridgehead atoms. The van der Waals surface area contributed by atoms with Gasteiger partial charge in [0.25, 0.3) is 0 Å². The van der Waals surface area contributed by atoms with E-state index < -0.39 is 0 Å². The molecule has 5 nitrogen and oxygen atoms in total. The maximum atomic E-state index is 13.2. The number of carbonyl (C=O) groups is 1. The first-order valence-corrected chi connectivity index (χ1v) is 13.8. The van der Waals surface area contributed by atoms with Crippen molar-refractivity contribution in [2.24, 2.45) is 5.92 Å². The molecule has 0 amide bonds. The van der Waals surface area contributed by atoms with Gasteiger partial charge in [0.2, 0.25) is 0 Å². The molecule has 1 saturated heterocycles. The molecule has 2 unspecified atom stereocenters. The number of hydrogen-bond acceptors (Lipinski definition) is 5. The lowest BCUT2D eigenvalue weighted by Crippen LogP contribution is -2.61. The molecule has 0 spiro atoms. The highest BCUT2D eigenvalue weighted by Gasteiger charge is 2.58. The van der Waals surface area contributed by atoms with Crippen molar-refractivity contribution in [2.45, 2.75) is 55.6 Å². The number of hydrogen-bond donors (Lipinski definition) is 0. The van der Waals surface area contributed by atoms with Crippen LogP contribution in [0.1, 0.15) is 55.1 Å². The highest BCUT2D eigenvalue weighted by atomic mass is 16.5. The van der Waals surface area contributed by atoms with Crippen LogP contribution in [0.25, 0.3) is 0 Å². The van der Waals surface area contributed by atoms with Crippen molar-refractivity contribution in [3.63, 3.8) is 0 Å². The second kappa shape index (κ2) is 11.0. The van der Waals surface area contributed by atoms with E-state index in [1.807, 2.05) is 0 Å². The number of ether oxygens (including phenoxy) is 1. The second-order valence-corrected chi connectivity index (χ2v) is 11.6. The molecular formula is C31H43N3O2. The molecule has 0 N–H and O–H groups in total. The summed E-state index contributed by atoms with van der Waals surface area (Å²) in [7, 11) is 6.61. The lowest BCUT2D eigenvalue weighted by Gasteiger charge is -2.60. The Hall–Kier alpha value is -2.21. The molecule has 1 aliphatic heterocycles. The Morgan fingerprint density at radius 1 is 0.889 bits per heavy atom. The summed E-state index contributed by atoms with van der Waals surface area (Å²) in [5.41, 5.74) is 2.79. The normalized spacial score (nSPS) is 31.0.